The van der Waals surface area contributed by atoms with Crippen molar-refractivity contribution in [1.29, 1.82) is 0 Å². The van der Waals surface area contributed by atoms with Crippen molar-refractivity contribution >= 4 is 11.6 Å². The van der Waals surface area contributed by atoms with Gasteiger partial charge in [-0.25, -0.2) is 0 Å². The molecule has 1 unspecified atom stereocenters. The highest BCUT2D eigenvalue weighted by molar-refractivity contribution is 6.28. The Labute approximate surface area is 106 Å². The van der Waals surface area contributed by atoms with Crippen LogP contribution in [0.25, 0.3) is 0 Å². The molecule has 3 heteroatoms. The molecule has 0 amide bonds. The predicted octanol–water partition coefficient (Wildman–Crippen LogP) is 3.71. The molecule has 0 aliphatic heterocycles. The maximum Gasteiger partial charge on any atom is 0.193 e. The molecule has 0 bridgehead atoms. The Hall–Kier alpha value is -1.25. The average Bonchev–Trinajstić information content (AvgIpc) is 2.93. The molecule has 1 heterocycles. The highest BCUT2D eigenvalue weighted by atomic mass is 35.5. The summed E-state index contributed by atoms with van der Waals surface area (Å²) in [6.45, 7) is 0.728. The van der Waals surface area contributed by atoms with E-state index in [-0.39, 0.29) is 0 Å². The van der Waals surface area contributed by atoms with Crippen molar-refractivity contribution < 1.29 is 4.42 Å². The summed E-state index contributed by atoms with van der Waals surface area (Å²) in [6, 6.07) is 12.7. The third kappa shape index (κ3) is 2.24. The molecule has 1 aliphatic carbocycles. The van der Waals surface area contributed by atoms with E-state index in [9.17, 15) is 0 Å². The van der Waals surface area contributed by atoms with Crippen LogP contribution in [0, 0.1) is 0 Å². The molecule has 0 saturated heterocycles. The molecule has 0 spiro atoms. The van der Waals surface area contributed by atoms with Crippen LogP contribution in [-0.2, 0) is 13.0 Å². The minimum Gasteiger partial charge on any atom is -0.448 e. The van der Waals surface area contributed by atoms with Gasteiger partial charge in [0.05, 0.1) is 6.54 Å². The van der Waals surface area contributed by atoms with Crippen molar-refractivity contribution in [3.05, 3.63) is 58.5 Å². The van der Waals surface area contributed by atoms with E-state index in [0.717, 1.165) is 25.1 Å². The number of nitrogens with one attached hydrogen (secondary N) is 1. The van der Waals surface area contributed by atoms with Gasteiger partial charge in [0.2, 0.25) is 0 Å². The number of hydrogen-bond donors (Lipinski definition) is 1. The number of rotatable bonds is 3. The molecule has 1 atom stereocenters. The first-order valence-electron chi connectivity index (χ1n) is 5.88. The lowest BCUT2D eigenvalue weighted by atomic mass is 10.1. The Morgan fingerprint density at radius 2 is 2.12 bits per heavy atom. The van der Waals surface area contributed by atoms with Crippen LogP contribution in [0.2, 0.25) is 5.22 Å². The smallest absolute Gasteiger partial charge is 0.193 e. The molecule has 0 saturated carbocycles. The SMILES string of the molecule is Clc1ccc(CNC2CCc3ccccc32)o1. The van der Waals surface area contributed by atoms with Crippen LogP contribution in [0.15, 0.2) is 40.8 Å². The quantitative estimate of drug-likeness (QED) is 0.895. The van der Waals surface area contributed by atoms with Crippen molar-refractivity contribution in [3.8, 4) is 0 Å². The summed E-state index contributed by atoms with van der Waals surface area (Å²) in [5, 5.41) is 3.97. The van der Waals surface area contributed by atoms with E-state index in [0.29, 0.717) is 11.3 Å². The van der Waals surface area contributed by atoms with E-state index < -0.39 is 0 Å². The molecular weight excluding hydrogens is 234 g/mol. The van der Waals surface area contributed by atoms with E-state index in [1.807, 2.05) is 6.07 Å². The second-order valence-corrected chi connectivity index (χ2v) is 4.75. The van der Waals surface area contributed by atoms with Crippen LogP contribution in [0.5, 0.6) is 0 Å². The van der Waals surface area contributed by atoms with Crippen molar-refractivity contribution in [1.82, 2.24) is 5.32 Å². The van der Waals surface area contributed by atoms with E-state index in [1.165, 1.54) is 11.1 Å². The van der Waals surface area contributed by atoms with E-state index in [1.54, 1.807) is 6.07 Å². The van der Waals surface area contributed by atoms with Gasteiger partial charge in [-0.2, -0.15) is 0 Å². The standard InChI is InChI=1S/C14H14ClNO/c15-14-8-6-11(17-14)9-16-13-7-5-10-3-1-2-4-12(10)13/h1-4,6,8,13,16H,5,7,9H2. The second kappa shape index (κ2) is 4.55. The topological polar surface area (TPSA) is 25.2 Å². The van der Waals surface area contributed by atoms with E-state index in [2.05, 4.69) is 29.6 Å². The summed E-state index contributed by atoms with van der Waals surface area (Å²) < 4.78 is 5.33. The third-order valence-corrected chi connectivity index (χ3v) is 3.49. The van der Waals surface area contributed by atoms with Crippen molar-refractivity contribution in [2.45, 2.75) is 25.4 Å². The highest BCUT2D eigenvalue weighted by Crippen LogP contribution is 2.30. The molecule has 0 radical (unpaired) electrons. The first-order chi connectivity index (χ1) is 8.33. The van der Waals surface area contributed by atoms with Gasteiger partial charge in [0.25, 0.3) is 0 Å². The van der Waals surface area contributed by atoms with Crippen LogP contribution in [-0.4, -0.2) is 0 Å². The van der Waals surface area contributed by atoms with Gasteiger partial charge in [-0.3, -0.25) is 0 Å². The molecule has 88 valence electrons. The van der Waals surface area contributed by atoms with Gasteiger partial charge in [-0.05, 0) is 47.7 Å². The van der Waals surface area contributed by atoms with E-state index in [4.69, 9.17) is 16.0 Å². The lowest BCUT2D eigenvalue weighted by Crippen LogP contribution is -2.18. The zero-order valence-corrected chi connectivity index (χ0v) is 10.2. The van der Waals surface area contributed by atoms with Crippen molar-refractivity contribution in [3.63, 3.8) is 0 Å². The molecule has 17 heavy (non-hydrogen) atoms. The summed E-state index contributed by atoms with van der Waals surface area (Å²) >= 11 is 5.74. The fourth-order valence-electron chi connectivity index (χ4n) is 2.44. The lowest BCUT2D eigenvalue weighted by molar-refractivity contribution is 0.449. The summed E-state index contributed by atoms with van der Waals surface area (Å²) in [5.41, 5.74) is 2.88. The average molecular weight is 248 g/mol. The first-order valence-corrected chi connectivity index (χ1v) is 6.26. The largest absolute Gasteiger partial charge is 0.448 e. The molecule has 1 aliphatic rings. The molecule has 1 N–H and O–H groups in total. The molecule has 2 nitrogen and oxygen atoms in total. The zero-order valence-electron chi connectivity index (χ0n) is 9.45. The Bertz CT molecular complexity index is 520. The normalized spacial score (nSPS) is 18.3. The first kappa shape index (κ1) is 10.9. The summed E-state index contributed by atoms with van der Waals surface area (Å²) in [5.74, 6) is 0.888. The minimum atomic E-state index is 0.440. The van der Waals surface area contributed by atoms with Gasteiger partial charge in [-0.15, -0.1) is 0 Å². The minimum absolute atomic E-state index is 0.440. The van der Waals surface area contributed by atoms with Gasteiger partial charge < -0.3 is 9.73 Å². The molecule has 3 rings (SSSR count). The van der Waals surface area contributed by atoms with Gasteiger partial charge in [0, 0.05) is 6.04 Å². The predicted molar refractivity (Wildman–Crippen MR) is 68.1 cm³/mol. The van der Waals surface area contributed by atoms with Crippen molar-refractivity contribution in [2.24, 2.45) is 0 Å². The fraction of sp³-hybridized carbons (Fsp3) is 0.286. The molecular formula is C14H14ClNO. The lowest BCUT2D eigenvalue weighted by Gasteiger charge is -2.12. The Kier molecular flexibility index (Phi) is 2.91. The van der Waals surface area contributed by atoms with Gasteiger partial charge in [0.15, 0.2) is 5.22 Å². The third-order valence-electron chi connectivity index (χ3n) is 3.28. The van der Waals surface area contributed by atoms with Crippen LogP contribution >= 0.6 is 11.6 Å². The molecule has 2 aromatic rings. The fourth-order valence-corrected chi connectivity index (χ4v) is 2.60. The van der Waals surface area contributed by atoms with Crippen LogP contribution in [0.1, 0.15) is 29.3 Å². The highest BCUT2D eigenvalue weighted by Gasteiger charge is 2.21. The van der Waals surface area contributed by atoms with Crippen LogP contribution in [0.4, 0.5) is 0 Å². The summed E-state index contributed by atoms with van der Waals surface area (Å²) in [6.07, 6.45) is 2.32. The van der Waals surface area contributed by atoms with Gasteiger partial charge in [0.1, 0.15) is 5.76 Å². The Morgan fingerprint density at radius 1 is 1.24 bits per heavy atom. The zero-order chi connectivity index (χ0) is 11.7. The number of aryl methyl sites for hydroxylation is 1. The van der Waals surface area contributed by atoms with Crippen molar-refractivity contribution in [2.75, 3.05) is 0 Å². The number of benzene rings is 1. The maximum absolute atomic E-state index is 5.74. The Morgan fingerprint density at radius 3 is 2.94 bits per heavy atom. The Balaban J connectivity index is 1.68. The second-order valence-electron chi connectivity index (χ2n) is 4.38. The monoisotopic (exact) mass is 247 g/mol. The van der Waals surface area contributed by atoms with Crippen LogP contribution < -0.4 is 5.32 Å². The van der Waals surface area contributed by atoms with Crippen LogP contribution in [0.3, 0.4) is 0 Å². The molecule has 0 fully saturated rings. The van der Waals surface area contributed by atoms with E-state index >= 15 is 0 Å². The summed E-state index contributed by atoms with van der Waals surface area (Å²) in [4.78, 5) is 0. The molecule has 1 aromatic carbocycles. The summed E-state index contributed by atoms with van der Waals surface area (Å²) in [7, 11) is 0. The maximum atomic E-state index is 5.74. The number of fused-ring (bicyclic) bond motifs is 1. The number of halogens is 1. The number of furan rings is 1. The van der Waals surface area contributed by atoms with Gasteiger partial charge in [-0.1, -0.05) is 24.3 Å². The number of hydrogen-bond acceptors (Lipinski definition) is 2. The van der Waals surface area contributed by atoms with Gasteiger partial charge >= 0.3 is 0 Å². The molecule has 1 aromatic heterocycles.